The molecule has 9 heteroatoms. The van der Waals surface area contributed by atoms with Gasteiger partial charge in [-0.15, -0.1) is 0 Å². The molecule has 0 unspecified atom stereocenters. The fraction of sp³-hybridized carbons (Fsp3) is 0.632. The van der Waals surface area contributed by atoms with E-state index in [-0.39, 0.29) is 22.8 Å². The minimum absolute atomic E-state index is 0.0283. The molecule has 1 amide bonds. The Labute approximate surface area is 167 Å². The zero-order chi connectivity index (χ0) is 20.7. The number of carbonyl (C=O) groups excluding carboxylic acids is 1. The highest BCUT2D eigenvalue weighted by atomic mass is 32.2. The summed E-state index contributed by atoms with van der Waals surface area (Å²) < 4.78 is 44.4. The summed E-state index contributed by atoms with van der Waals surface area (Å²) in [7, 11) is -3.90. The molecule has 1 aliphatic heterocycles. The Morgan fingerprint density at radius 1 is 1.14 bits per heavy atom. The Bertz CT molecular complexity index is 764. The SMILES string of the molecule is CC(C)OCCCNC(=O)[C@H](NS(=O)(=O)c1ccc2c(c1)OCCO2)C(C)C. The number of hydrogen-bond donors (Lipinski definition) is 2. The number of ether oxygens (including phenoxy) is 3. The molecule has 2 N–H and O–H groups in total. The minimum Gasteiger partial charge on any atom is -0.486 e. The first kappa shape index (κ1) is 22.4. The standard InChI is InChI=1S/C19H30N2O6S/c1-13(2)18(19(22)20-8-5-9-25-14(3)4)21-28(23,24)15-6-7-16-17(12-15)27-11-10-26-16/h6-7,12-14,18,21H,5,8-11H2,1-4H3,(H,20,22)/t18-/m1/s1. The molecule has 0 bridgehead atoms. The molecule has 0 aromatic heterocycles. The molecule has 0 aliphatic carbocycles. The highest BCUT2D eigenvalue weighted by Gasteiger charge is 2.29. The van der Waals surface area contributed by atoms with E-state index in [1.54, 1.807) is 19.9 Å². The van der Waals surface area contributed by atoms with Crippen LogP contribution in [0.15, 0.2) is 23.1 Å². The van der Waals surface area contributed by atoms with Gasteiger partial charge in [0.1, 0.15) is 19.3 Å². The molecule has 0 spiro atoms. The van der Waals surface area contributed by atoms with E-state index >= 15 is 0 Å². The van der Waals surface area contributed by atoms with Crippen LogP contribution in [0, 0.1) is 5.92 Å². The Hall–Kier alpha value is -1.84. The van der Waals surface area contributed by atoms with E-state index < -0.39 is 16.1 Å². The van der Waals surface area contributed by atoms with Crippen molar-refractivity contribution in [1.82, 2.24) is 10.0 Å². The molecule has 1 aromatic carbocycles. The van der Waals surface area contributed by atoms with Gasteiger partial charge in [0.15, 0.2) is 11.5 Å². The fourth-order valence-electron chi connectivity index (χ4n) is 2.63. The molecule has 1 heterocycles. The van der Waals surface area contributed by atoms with Gasteiger partial charge in [-0.05, 0) is 38.3 Å². The van der Waals surface area contributed by atoms with Crippen LogP contribution in [0.2, 0.25) is 0 Å². The topological polar surface area (TPSA) is 103 Å². The molecule has 2 rings (SSSR count). The van der Waals surface area contributed by atoms with Crippen LogP contribution < -0.4 is 19.5 Å². The molecule has 158 valence electrons. The molecule has 0 saturated carbocycles. The molecule has 1 aliphatic rings. The van der Waals surface area contributed by atoms with Gasteiger partial charge >= 0.3 is 0 Å². The van der Waals surface area contributed by atoms with Gasteiger partial charge in [0.25, 0.3) is 0 Å². The lowest BCUT2D eigenvalue weighted by Gasteiger charge is -2.23. The summed E-state index contributed by atoms with van der Waals surface area (Å²) >= 11 is 0. The molecule has 0 saturated heterocycles. The van der Waals surface area contributed by atoms with Gasteiger partial charge in [0.05, 0.1) is 11.0 Å². The van der Waals surface area contributed by atoms with Crippen molar-refractivity contribution in [3.8, 4) is 11.5 Å². The van der Waals surface area contributed by atoms with E-state index in [1.807, 2.05) is 13.8 Å². The van der Waals surface area contributed by atoms with Crippen molar-refractivity contribution in [3.63, 3.8) is 0 Å². The summed E-state index contributed by atoms with van der Waals surface area (Å²) in [6.07, 6.45) is 0.792. The Balaban J connectivity index is 2.01. The minimum atomic E-state index is -3.90. The van der Waals surface area contributed by atoms with Gasteiger partial charge in [0, 0.05) is 19.2 Å². The maximum atomic E-state index is 12.8. The first-order valence-electron chi connectivity index (χ1n) is 9.52. The number of amides is 1. The van der Waals surface area contributed by atoms with Crippen LogP contribution in [0.3, 0.4) is 0 Å². The first-order chi connectivity index (χ1) is 13.2. The number of rotatable bonds is 10. The van der Waals surface area contributed by atoms with E-state index in [1.165, 1.54) is 12.1 Å². The van der Waals surface area contributed by atoms with Crippen LogP contribution in [0.5, 0.6) is 11.5 Å². The van der Waals surface area contributed by atoms with Gasteiger partial charge in [-0.3, -0.25) is 4.79 Å². The third-order valence-corrected chi connectivity index (χ3v) is 5.57. The lowest BCUT2D eigenvalue weighted by Crippen LogP contribution is -2.49. The predicted octanol–water partition coefficient (Wildman–Crippen LogP) is 1.69. The average Bonchev–Trinajstić information content (AvgIpc) is 2.64. The van der Waals surface area contributed by atoms with Crippen molar-refractivity contribution in [2.24, 2.45) is 5.92 Å². The van der Waals surface area contributed by atoms with E-state index in [0.717, 1.165) is 0 Å². The largest absolute Gasteiger partial charge is 0.486 e. The summed E-state index contributed by atoms with van der Waals surface area (Å²) in [5.74, 6) is 0.302. The molecule has 0 radical (unpaired) electrons. The smallest absolute Gasteiger partial charge is 0.241 e. The molecule has 28 heavy (non-hydrogen) atoms. The number of fused-ring (bicyclic) bond motifs is 1. The van der Waals surface area contributed by atoms with Crippen molar-refractivity contribution >= 4 is 15.9 Å². The predicted molar refractivity (Wildman–Crippen MR) is 105 cm³/mol. The van der Waals surface area contributed by atoms with Crippen LogP contribution in [-0.4, -0.2) is 52.8 Å². The third kappa shape index (κ3) is 6.35. The lowest BCUT2D eigenvalue weighted by molar-refractivity contribution is -0.123. The fourth-order valence-corrected chi connectivity index (χ4v) is 3.99. The summed E-state index contributed by atoms with van der Waals surface area (Å²) in [4.78, 5) is 12.5. The summed E-state index contributed by atoms with van der Waals surface area (Å²) in [5.41, 5.74) is 0. The van der Waals surface area contributed by atoms with Crippen LogP contribution in [0.4, 0.5) is 0 Å². The van der Waals surface area contributed by atoms with E-state index in [0.29, 0.717) is 44.3 Å². The number of hydrogen-bond acceptors (Lipinski definition) is 6. The van der Waals surface area contributed by atoms with E-state index in [2.05, 4.69) is 10.0 Å². The average molecular weight is 415 g/mol. The summed E-state index contributed by atoms with van der Waals surface area (Å²) in [6, 6.07) is 3.52. The molecule has 8 nitrogen and oxygen atoms in total. The lowest BCUT2D eigenvalue weighted by atomic mass is 10.1. The maximum Gasteiger partial charge on any atom is 0.241 e. The van der Waals surface area contributed by atoms with E-state index in [9.17, 15) is 13.2 Å². The monoisotopic (exact) mass is 414 g/mol. The number of sulfonamides is 1. The Kier molecular flexibility index (Phi) is 8.09. The van der Waals surface area contributed by atoms with E-state index in [4.69, 9.17) is 14.2 Å². The molecular formula is C19H30N2O6S. The van der Waals surface area contributed by atoms with Crippen LogP contribution in [0.25, 0.3) is 0 Å². The normalized spacial score (nSPS) is 14.9. The second kappa shape index (κ2) is 10.1. The van der Waals surface area contributed by atoms with Crippen molar-refractivity contribution in [1.29, 1.82) is 0 Å². The molecule has 1 atom stereocenters. The van der Waals surface area contributed by atoms with Crippen LogP contribution in [0.1, 0.15) is 34.1 Å². The number of benzene rings is 1. The van der Waals surface area contributed by atoms with Gasteiger partial charge in [0.2, 0.25) is 15.9 Å². The molecular weight excluding hydrogens is 384 g/mol. The van der Waals surface area contributed by atoms with Crippen LogP contribution in [-0.2, 0) is 19.6 Å². The second-order valence-electron chi connectivity index (χ2n) is 7.21. The zero-order valence-corrected chi connectivity index (χ0v) is 17.7. The number of carbonyl (C=O) groups is 1. The van der Waals surface area contributed by atoms with Gasteiger partial charge in [-0.2, -0.15) is 4.72 Å². The van der Waals surface area contributed by atoms with Gasteiger partial charge < -0.3 is 19.5 Å². The highest BCUT2D eigenvalue weighted by Crippen LogP contribution is 2.32. The van der Waals surface area contributed by atoms with Crippen molar-refractivity contribution in [3.05, 3.63) is 18.2 Å². The Morgan fingerprint density at radius 3 is 2.46 bits per heavy atom. The first-order valence-corrected chi connectivity index (χ1v) is 11.0. The summed E-state index contributed by atoms with van der Waals surface area (Å²) in [5, 5.41) is 2.77. The Morgan fingerprint density at radius 2 is 1.82 bits per heavy atom. The summed E-state index contributed by atoms with van der Waals surface area (Å²) in [6.45, 7) is 9.21. The van der Waals surface area contributed by atoms with Crippen molar-refractivity contribution in [2.75, 3.05) is 26.4 Å². The van der Waals surface area contributed by atoms with Crippen molar-refractivity contribution in [2.45, 2.75) is 51.2 Å². The highest BCUT2D eigenvalue weighted by molar-refractivity contribution is 7.89. The molecule has 1 aromatic rings. The third-order valence-electron chi connectivity index (χ3n) is 4.13. The van der Waals surface area contributed by atoms with Gasteiger partial charge in [-0.25, -0.2) is 8.42 Å². The van der Waals surface area contributed by atoms with Crippen LogP contribution >= 0.6 is 0 Å². The van der Waals surface area contributed by atoms with Gasteiger partial charge in [-0.1, -0.05) is 13.8 Å². The quantitative estimate of drug-likeness (QED) is 0.565. The molecule has 0 fully saturated rings. The second-order valence-corrected chi connectivity index (χ2v) is 8.93. The zero-order valence-electron chi connectivity index (χ0n) is 16.9. The number of nitrogens with one attached hydrogen (secondary N) is 2. The van der Waals surface area contributed by atoms with Crippen molar-refractivity contribution < 1.29 is 27.4 Å². The maximum absolute atomic E-state index is 12.8.